The molecule has 1 saturated heterocycles. The van der Waals surface area contributed by atoms with Crippen LogP contribution in [0.3, 0.4) is 0 Å². The molecule has 0 bridgehead atoms. The van der Waals surface area contributed by atoms with Gasteiger partial charge in [-0.05, 0) is 69.7 Å². The average molecular weight is 512 g/mol. The molecular weight excluding hydrogens is 486 g/mol. The fourth-order valence-corrected chi connectivity index (χ4v) is 4.63. The van der Waals surface area contributed by atoms with Gasteiger partial charge in [0.2, 0.25) is 0 Å². The van der Waals surface area contributed by atoms with Gasteiger partial charge < -0.3 is 4.74 Å². The maximum atomic E-state index is 13.4. The molecule has 38 heavy (non-hydrogen) atoms. The van der Waals surface area contributed by atoms with Crippen LogP contribution >= 0.6 is 0 Å². The zero-order valence-electron chi connectivity index (χ0n) is 21.3. The SMILES string of the molecule is CCOc1cccc(N2C(=O)NC(=O)C(=Cc3cc(C)n(-n4c(C)nc5ccccc5c4=O)c3C)C2=O)c1. The Labute approximate surface area is 217 Å². The van der Waals surface area contributed by atoms with E-state index in [0.29, 0.717) is 46.0 Å². The van der Waals surface area contributed by atoms with Crippen LogP contribution in [0.2, 0.25) is 0 Å². The number of urea groups is 1. The van der Waals surface area contributed by atoms with Crippen LogP contribution in [-0.2, 0) is 9.59 Å². The van der Waals surface area contributed by atoms with Crippen molar-refractivity contribution < 1.29 is 19.1 Å². The lowest BCUT2D eigenvalue weighted by atomic mass is 10.1. The van der Waals surface area contributed by atoms with Crippen LogP contribution in [0.1, 0.15) is 29.7 Å². The zero-order valence-corrected chi connectivity index (χ0v) is 21.3. The summed E-state index contributed by atoms with van der Waals surface area (Å²) in [4.78, 5) is 57.6. The number of rotatable bonds is 5. The summed E-state index contributed by atoms with van der Waals surface area (Å²) in [5.74, 6) is -0.603. The Morgan fingerprint density at radius 2 is 1.71 bits per heavy atom. The predicted octanol–water partition coefficient (Wildman–Crippen LogP) is 3.50. The number of aryl methyl sites for hydroxylation is 2. The van der Waals surface area contributed by atoms with Gasteiger partial charge in [0.25, 0.3) is 17.4 Å². The Morgan fingerprint density at radius 3 is 2.47 bits per heavy atom. The number of imide groups is 2. The molecule has 4 amide bonds. The zero-order chi connectivity index (χ0) is 27.1. The molecule has 0 spiro atoms. The molecule has 5 rings (SSSR count). The lowest BCUT2D eigenvalue weighted by molar-refractivity contribution is -0.122. The Kier molecular flexibility index (Phi) is 6.15. The summed E-state index contributed by atoms with van der Waals surface area (Å²) in [7, 11) is 0. The quantitative estimate of drug-likeness (QED) is 0.324. The summed E-state index contributed by atoms with van der Waals surface area (Å²) in [6, 6.07) is 14.5. The highest BCUT2D eigenvalue weighted by Crippen LogP contribution is 2.27. The topological polar surface area (TPSA) is 116 Å². The number of anilines is 1. The molecule has 192 valence electrons. The number of fused-ring (bicyclic) bond motifs is 1. The van der Waals surface area contributed by atoms with Gasteiger partial charge in [-0.2, -0.15) is 4.68 Å². The number of ether oxygens (including phenoxy) is 1. The van der Waals surface area contributed by atoms with Crippen molar-refractivity contribution >= 4 is 40.5 Å². The fourth-order valence-electron chi connectivity index (χ4n) is 4.63. The van der Waals surface area contributed by atoms with Gasteiger partial charge in [-0.15, -0.1) is 0 Å². The number of amides is 4. The number of benzene rings is 2. The molecular formula is C28H25N5O5. The summed E-state index contributed by atoms with van der Waals surface area (Å²) in [5, 5.41) is 2.71. The number of aromatic nitrogens is 3. The molecule has 0 radical (unpaired) electrons. The molecule has 2 aromatic heterocycles. The molecule has 1 N–H and O–H groups in total. The van der Waals surface area contributed by atoms with E-state index in [9.17, 15) is 19.2 Å². The molecule has 4 aromatic rings. The van der Waals surface area contributed by atoms with Crippen LogP contribution in [0.5, 0.6) is 5.75 Å². The first-order valence-electron chi connectivity index (χ1n) is 12.0. The summed E-state index contributed by atoms with van der Waals surface area (Å²) >= 11 is 0. The molecule has 2 aromatic carbocycles. The van der Waals surface area contributed by atoms with E-state index >= 15 is 0 Å². The first kappa shape index (κ1) is 24.7. The number of nitrogens with one attached hydrogen (secondary N) is 1. The van der Waals surface area contributed by atoms with Gasteiger partial charge >= 0.3 is 6.03 Å². The number of hydrogen-bond acceptors (Lipinski definition) is 6. The largest absolute Gasteiger partial charge is 0.494 e. The van der Waals surface area contributed by atoms with Crippen LogP contribution in [0, 0.1) is 20.8 Å². The first-order valence-corrected chi connectivity index (χ1v) is 12.0. The van der Waals surface area contributed by atoms with Gasteiger partial charge in [0, 0.05) is 17.5 Å². The van der Waals surface area contributed by atoms with Gasteiger partial charge in [-0.1, -0.05) is 18.2 Å². The van der Waals surface area contributed by atoms with E-state index in [1.165, 1.54) is 10.8 Å². The number of carbonyl (C=O) groups is 3. The van der Waals surface area contributed by atoms with Gasteiger partial charge in [-0.3, -0.25) is 24.4 Å². The predicted molar refractivity (Wildman–Crippen MR) is 142 cm³/mol. The molecule has 3 heterocycles. The molecule has 1 fully saturated rings. The number of hydrogen-bond donors (Lipinski definition) is 1. The maximum absolute atomic E-state index is 13.4. The van der Waals surface area contributed by atoms with Gasteiger partial charge in [0.05, 0.1) is 23.2 Å². The van der Waals surface area contributed by atoms with Crippen molar-refractivity contribution in [1.82, 2.24) is 19.7 Å². The molecule has 0 atom stereocenters. The van der Waals surface area contributed by atoms with Crippen molar-refractivity contribution in [2.24, 2.45) is 0 Å². The molecule has 1 aliphatic heterocycles. The third kappa shape index (κ3) is 4.05. The molecule has 0 aliphatic carbocycles. The molecule has 10 nitrogen and oxygen atoms in total. The molecule has 0 unspecified atom stereocenters. The summed E-state index contributed by atoms with van der Waals surface area (Å²) in [6.07, 6.45) is 1.43. The molecule has 10 heteroatoms. The van der Waals surface area contributed by atoms with Crippen LogP contribution in [0.25, 0.3) is 17.0 Å². The van der Waals surface area contributed by atoms with E-state index in [2.05, 4.69) is 10.3 Å². The standard InChI is InChI=1S/C28H25N5O5/c1-5-38-21-10-8-9-20(15-21)31-26(35)23(25(34)30-28(31)37)14-19-13-16(2)32(17(19)3)33-18(4)29-24-12-7-6-11-22(24)27(33)36/h6-15H,5H2,1-4H3,(H,30,34,37). The second-order valence-corrected chi connectivity index (χ2v) is 8.82. The minimum absolute atomic E-state index is 0.215. The van der Waals surface area contributed by atoms with Crippen molar-refractivity contribution in [2.45, 2.75) is 27.7 Å². The Bertz CT molecular complexity index is 1730. The third-order valence-electron chi connectivity index (χ3n) is 6.34. The lowest BCUT2D eigenvalue weighted by Crippen LogP contribution is -2.54. The second-order valence-electron chi connectivity index (χ2n) is 8.82. The summed E-state index contributed by atoms with van der Waals surface area (Å²) in [6.45, 7) is 7.57. The Hall–Kier alpha value is -4.99. The average Bonchev–Trinajstić information content (AvgIpc) is 3.15. The highest BCUT2D eigenvalue weighted by molar-refractivity contribution is 6.39. The number of carbonyl (C=O) groups excluding carboxylic acids is 3. The van der Waals surface area contributed by atoms with E-state index < -0.39 is 17.8 Å². The number of para-hydroxylation sites is 1. The van der Waals surface area contributed by atoms with E-state index in [4.69, 9.17) is 4.74 Å². The third-order valence-corrected chi connectivity index (χ3v) is 6.34. The monoisotopic (exact) mass is 511 g/mol. The van der Waals surface area contributed by atoms with Crippen molar-refractivity contribution in [3.63, 3.8) is 0 Å². The van der Waals surface area contributed by atoms with Crippen molar-refractivity contribution in [3.05, 3.63) is 93.3 Å². The lowest BCUT2D eigenvalue weighted by Gasteiger charge is -2.26. The smallest absolute Gasteiger partial charge is 0.335 e. The maximum Gasteiger partial charge on any atom is 0.335 e. The minimum atomic E-state index is -0.847. The van der Waals surface area contributed by atoms with Gasteiger partial charge in [0.1, 0.15) is 17.1 Å². The van der Waals surface area contributed by atoms with Gasteiger partial charge in [0.15, 0.2) is 0 Å². The number of nitrogens with zero attached hydrogens (tertiary/aromatic N) is 4. The highest BCUT2D eigenvalue weighted by atomic mass is 16.5. The molecule has 0 saturated carbocycles. The van der Waals surface area contributed by atoms with Crippen LogP contribution < -0.4 is 20.5 Å². The van der Waals surface area contributed by atoms with Crippen LogP contribution in [-0.4, -0.2) is 38.8 Å². The van der Waals surface area contributed by atoms with E-state index in [1.807, 2.05) is 19.9 Å². The highest BCUT2D eigenvalue weighted by Gasteiger charge is 2.37. The van der Waals surface area contributed by atoms with E-state index in [1.54, 1.807) is 67.1 Å². The van der Waals surface area contributed by atoms with Crippen LogP contribution in [0.15, 0.2) is 65.0 Å². The molecule has 1 aliphatic rings. The summed E-state index contributed by atoms with van der Waals surface area (Å²) in [5.41, 5.74) is 2.25. The minimum Gasteiger partial charge on any atom is -0.494 e. The van der Waals surface area contributed by atoms with Crippen molar-refractivity contribution in [2.75, 3.05) is 11.5 Å². The summed E-state index contributed by atoms with van der Waals surface area (Å²) < 4.78 is 8.65. The first-order chi connectivity index (χ1) is 18.2. The van der Waals surface area contributed by atoms with Crippen molar-refractivity contribution in [1.29, 1.82) is 0 Å². The Morgan fingerprint density at radius 1 is 0.947 bits per heavy atom. The second kappa shape index (κ2) is 9.47. The fraction of sp³-hybridized carbons (Fsp3) is 0.179. The van der Waals surface area contributed by atoms with Crippen molar-refractivity contribution in [3.8, 4) is 5.75 Å². The normalized spacial score (nSPS) is 14.9. The van der Waals surface area contributed by atoms with Crippen LogP contribution in [0.4, 0.5) is 10.5 Å². The van der Waals surface area contributed by atoms with E-state index in [0.717, 1.165) is 4.90 Å². The van der Waals surface area contributed by atoms with E-state index in [-0.39, 0.29) is 16.8 Å². The van der Waals surface area contributed by atoms with Gasteiger partial charge in [-0.25, -0.2) is 14.7 Å². The Balaban J connectivity index is 1.59. The number of barbiturate groups is 1.